The molecule has 274 valence electrons. The van der Waals surface area contributed by atoms with Gasteiger partial charge in [0.05, 0.1) is 33.0 Å². The molecule has 1 heterocycles. The highest BCUT2D eigenvalue weighted by Gasteiger charge is 2.22. The van der Waals surface area contributed by atoms with E-state index in [4.69, 9.17) is 18.9 Å². The quantitative estimate of drug-likeness (QED) is 0.0296. The standard InChI is InChI=1S/C39H65NO8/c1-3-5-7-9-11-13-15-17-19-21-23-25-38(43)47-34-35(33-46-32-31-45-30-29-40-36(41)27-28-37(40)42)48-39(44)26-24-22-20-18-16-14-12-10-8-6-4-2/h12-15,27-28,35H,3-11,16-26,29-34H2,1-2H3/b14-12+,15-13+. The molecule has 0 N–H and O–H groups in total. The van der Waals surface area contributed by atoms with Crippen LogP contribution in [0.1, 0.15) is 142 Å². The van der Waals surface area contributed by atoms with E-state index in [2.05, 4.69) is 38.2 Å². The summed E-state index contributed by atoms with van der Waals surface area (Å²) in [5.41, 5.74) is 0. The topological polar surface area (TPSA) is 108 Å². The van der Waals surface area contributed by atoms with Gasteiger partial charge in [0, 0.05) is 25.0 Å². The van der Waals surface area contributed by atoms with Gasteiger partial charge in [-0.2, -0.15) is 0 Å². The van der Waals surface area contributed by atoms with Crippen LogP contribution in [0.25, 0.3) is 0 Å². The second-order valence-electron chi connectivity index (χ2n) is 12.5. The minimum atomic E-state index is -0.701. The lowest BCUT2D eigenvalue weighted by molar-refractivity contribution is -0.163. The number of esters is 2. The highest BCUT2D eigenvalue weighted by atomic mass is 16.6. The van der Waals surface area contributed by atoms with Crippen molar-refractivity contribution in [3.8, 4) is 0 Å². The van der Waals surface area contributed by atoms with Gasteiger partial charge in [-0.1, -0.05) is 89.5 Å². The highest BCUT2D eigenvalue weighted by molar-refractivity contribution is 6.12. The number of nitrogens with zero attached hydrogens (tertiary/aromatic N) is 1. The fraction of sp³-hybridized carbons (Fsp3) is 0.744. The van der Waals surface area contributed by atoms with E-state index in [-0.39, 0.29) is 63.3 Å². The van der Waals surface area contributed by atoms with E-state index in [1.54, 1.807) is 0 Å². The number of rotatable bonds is 33. The lowest BCUT2D eigenvalue weighted by Gasteiger charge is -2.18. The zero-order chi connectivity index (χ0) is 34.9. The highest BCUT2D eigenvalue weighted by Crippen LogP contribution is 2.11. The van der Waals surface area contributed by atoms with E-state index in [0.717, 1.165) is 75.5 Å². The molecule has 0 aliphatic carbocycles. The van der Waals surface area contributed by atoms with E-state index in [9.17, 15) is 19.2 Å². The number of amides is 2. The maximum absolute atomic E-state index is 12.6. The first-order valence-corrected chi connectivity index (χ1v) is 18.8. The van der Waals surface area contributed by atoms with Gasteiger partial charge in [-0.05, 0) is 64.2 Å². The molecule has 9 heteroatoms. The minimum absolute atomic E-state index is 0.0526. The molecule has 1 aliphatic heterocycles. The van der Waals surface area contributed by atoms with Gasteiger partial charge in [0.25, 0.3) is 11.8 Å². The van der Waals surface area contributed by atoms with Gasteiger partial charge in [0.2, 0.25) is 0 Å². The predicted molar refractivity (Wildman–Crippen MR) is 190 cm³/mol. The molecular weight excluding hydrogens is 610 g/mol. The van der Waals surface area contributed by atoms with Crippen molar-refractivity contribution in [1.82, 2.24) is 4.90 Å². The first-order valence-electron chi connectivity index (χ1n) is 18.8. The Bertz CT molecular complexity index is 926. The van der Waals surface area contributed by atoms with Gasteiger partial charge in [0.15, 0.2) is 6.10 Å². The molecule has 1 aliphatic rings. The molecule has 1 atom stereocenters. The molecule has 0 radical (unpaired) electrons. The molecule has 0 bridgehead atoms. The van der Waals surface area contributed by atoms with Crippen LogP contribution in [-0.2, 0) is 38.1 Å². The molecule has 0 fully saturated rings. The first-order chi connectivity index (χ1) is 23.5. The molecule has 0 saturated carbocycles. The summed E-state index contributed by atoms with van der Waals surface area (Å²) >= 11 is 0. The van der Waals surface area contributed by atoms with Crippen molar-refractivity contribution in [2.45, 2.75) is 148 Å². The lowest BCUT2D eigenvalue weighted by atomic mass is 10.1. The lowest BCUT2D eigenvalue weighted by Crippen LogP contribution is -2.33. The Morgan fingerprint density at radius 2 is 1.08 bits per heavy atom. The second kappa shape index (κ2) is 31.5. The zero-order valence-corrected chi connectivity index (χ0v) is 30.1. The minimum Gasteiger partial charge on any atom is -0.462 e. The van der Waals surface area contributed by atoms with Crippen LogP contribution < -0.4 is 0 Å². The van der Waals surface area contributed by atoms with Gasteiger partial charge < -0.3 is 18.9 Å². The third-order valence-electron chi connectivity index (χ3n) is 8.05. The molecule has 0 aromatic carbocycles. The van der Waals surface area contributed by atoms with Crippen LogP contribution in [-0.4, -0.2) is 74.3 Å². The Morgan fingerprint density at radius 3 is 1.69 bits per heavy atom. The Hall–Kier alpha value is -2.78. The van der Waals surface area contributed by atoms with E-state index in [1.807, 2.05) is 0 Å². The fourth-order valence-corrected chi connectivity index (χ4v) is 5.13. The third-order valence-corrected chi connectivity index (χ3v) is 8.05. The fourth-order valence-electron chi connectivity index (χ4n) is 5.13. The largest absolute Gasteiger partial charge is 0.462 e. The molecule has 2 amide bonds. The molecule has 0 aromatic heterocycles. The summed E-state index contributed by atoms with van der Waals surface area (Å²) in [4.78, 5) is 49.3. The SMILES string of the molecule is CCCCC/C=C/CCCCCCC(=O)OC(COCCOCCN1C(=O)C=CC1=O)COC(=O)CCCCC/C=C/CCCCCC. The van der Waals surface area contributed by atoms with Crippen LogP contribution in [0.5, 0.6) is 0 Å². The van der Waals surface area contributed by atoms with Crippen LogP contribution in [0.4, 0.5) is 0 Å². The monoisotopic (exact) mass is 675 g/mol. The van der Waals surface area contributed by atoms with Crippen molar-refractivity contribution in [3.05, 3.63) is 36.5 Å². The van der Waals surface area contributed by atoms with Crippen molar-refractivity contribution < 1.29 is 38.1 Å². The zero-order valence-electron chi connectivity index (χ0n) is 30.1. The summed E-state index contributed by atoms with van der Waals surface area (Å²) in [6.07, 6.45) is 31.5. The second-order valence-corrected chi connectivity index (χ2v) is 12.5. The maximum atomic E-state index is 12.6. The summed E-state index contributed by atoms with van der Waals surface area (Å²) in [5, 5.41) is 0. The van der Waals surface area contributed by atoms with Crippen LogP contribution in [0, 0.1) is 0 Å². The van der Waals surface area contributed by atoms with Crippen LogP contribution in [0.2, 0.25) is 0 Å². The van der Waals surface area contributed by atoms with Gasteiger partial charge in [-0.3, -0.25) is 24.1 Å². The molecule has 1 unspecified atom stereocenters. The molecule has 0 aromatic rings. The molecule has 1 rings (SSSR count). The van der Waals surface area contributed by atoms with Crippen molar-refractivity contribution in [1.29, 1.82) is 0 Å². The van der Waals surface area contributed by atoms with Crippen molar-refractivity contribution >= 4 is 23.8 Å². The van der Waals surface area contributed by atoms with Gasteiger partial charge >= 0.3 is 11.9 Å². The number of unbranched alkanes of at least 4 members (excludes halogenated alkanes) is 14. The smallest absolute Gasteiger partial charge is 0.306 e. The van der Waals surface area contributed by atoms with Crippen LogP contribution >= 0.6 is 0 Å². The molecular formula is C39H65NO8. The average Bonchev–Trinajstić information content (AvgIpc) is 3.40. The molecule has 48 heavy (non-hydrogen) atoms. The van der Waals surface area contributed by atoms with E-state index in [0.29, 0.717) is 12.8 Å². The first kappa shape index (κ1) is 43.2. The van der Waals surface area contributed by atoms with Gasteiger partial charge in [0.1, 0.15) is 6.61 Å². The van der Waals surface area contributed by atoms with Gasteiger partial charge in [-0.15, -0.1) is 0 Å². The summed E-state index contributed by atoms with van der Waals surface area (Å²) in [7, 11) is 0. The van der Waals surface area contributed by atoms with E-state index < -0.39 is 6.10 Å². The predicted octanol–water partition coefficient (Wildman–Crippen LogP) is 8.35. The number of ether oxygens (including phenoxy) is 4. The van der Waals surface area contributed by atoms with Crippen molar-refractivity contribution in [3.63, 3.8) is 0 Å². The summed E-state index contributed by atoms with van der Waals surface area (Å²) in [6.45, 7) is 5.30. The number of carbonyl (C=O) groups excluding carboxylic acids is 4. The van der Waals surface area contributed by atoms with Crippen molar-refractivity contribution in [2.75, 3.05) is 39.6 Å². The van der Waals surface area contributed by atoms with Crippen molar-refractivity contribution in [2.24, 2.45) is 0 Å². The Balaban J connectivity index is 2.29. The van der Waals surface area contributed by atoms with E-state index in [1.165, 1.54) is 57.1 Å². The normalized spacial score (nSPS) is 13.8. The summed E-state index contributed by atoms with van der Waals surface area (Å²) < 4.78 is 22.2. The number of hydrogen-bond donors (Lipinski definition) is 0. The van der Waals surface area contributed by atoms with Crippen LogP contribution in [0.3, 0.4) is 0 Å². The van der Waals surface area contributed by atoms with E-state index >= 15 is 0 Å². The van der Waals surface area contributed by atoms with Gasteiger partial charge in [-0.25, -0.2) is 0 Å². The Kier molecular flexibility index (Phi) is 28.4. The Labute approximate surface area is 290 Å². The summed E-state index contributed by atoms with van der Waals surface area (Å²) in [5.74, 6) is -1.31. The molecule has 0 spiro atoms. The third kappa shape index (κ3) is 25.3. The number of allylic oxidation sites excluding steroid dienone is 4. The number of imide groups is 1. The number of hydrogen-bond acceptors (Lipinski definition) is 8. The molecule has 0 saturated heterocycles. The molecule has 9 nitrogen and oxygen atoms in total. The number of carbonyl (C=O) groups is 4. The van der Waals surface area contributed by atoms with Crippen LogP contribution in [0.15, 0.2) is 36.5 Å². The maximum Gasteiger partial charge on any atom is 0.306 e. The average molecular weight is 676 g/mol. The Morgan fingerprint density at radius 1 is 0.604 bits per heavy atom. The summed E-state index contributed by atoms with van der Waals surface area (Å²) in [6, 6.07) is 0.